The van der Waals surface area contributed by atoms with Crippen LogP contribution in [0, 0.1) is 5.92 Å². The van der Waals surface area contributed by atoms with Gasteiger partial charge in [-0.25, -0.2) is 18.7 Å². The number of aromatic nitrogens is 2. The number of anilines is 1. The van der Waals surface area contributed by atoms with E-state index in [0.29, 0.717) is 11.7 Å². The zero-order chi connectivity index (χ0) is 27.4. The molecule has 0 atom stereocenters. The molecule has 3 aliphatic rings. The molecule has 2 aliphatic heterocycles. The zero-order valence-electron chi connectivity index (χ0n) is 22.2. The fraction of sp³-hybridized carbons (Fsp3) is 0.630. The number of fused-ring (bicyclic) bond motifs is 2. The van der Waals surface area contributed by atoms with Gasteiger partial charge in [-0.05, 0) is 78.2 Å². The van der Waals surface area contributed by atoms with Gasteiger partial charge in [-0.1, -0.05) is 0 Å². The highest BCUT2D eigenvalue weighted by atomic mass is 32.1. The number of hydrogen-bond acceptors (Lipinski definition) is 7. The zero-order valence-corrected chi connectivity index (χ0v) is 23.0. The van der Waals surface area contributed by atoms with Gasteiger partial charge in [-0.3, -0.25) is 9.59 Å². The molecule has 1 saturated carbocycles. The summed E-state index contributed by atoms with van der Waals surface area (Å²) in [5.74, 6) is -0.0949. The molecule has 0 aromatic carbocycles. The van der Waals surface area contributed by atoms with Gasteiger partial charge in [0, 0.05) is 41.5 Å². The molecule has 5 rings (SSSR count). The third-order valence-corrected chi connectivity index (χ3v) is 8.94. The third kappa shape index (κ3) is 5.40. The largest absolute Gasteiger partial charge is 0.389 e. The Morgan fingerprint density at radius 1 is 1.13 bits per heavy atom. The Morgan fingerprint density at radius 3 is 2.32 bits per heavy atom. The summed E-state index contributed by atoms with van der Waals surface area (Å²) in [6.45, 7) is 7.15. The SMILES string of the molecule is CC(C)(O)CNC(=O)c1nc(C(=O)N2[C@H]3CC[C@@H]2CC3)c(-c2cnc(NC(C)(C)C3CC3)cc2C(F)F)s1. The van der Waals surface area contributed by atoms with E-state index in [9.17, 15) is 23.5 Å². The van der Waals surface area contributed by atoms with Crippen LogP contribution in [0.5, 0.6) is 0 Å². The van der Waals surface area contributed by atoms with Crippen LogP contribution in [0.2, 0.25) is 0 Å². The topological polar surface area (TPSA) is 107 Å². The van der Waals surface area contributed by atoms with Gasteiger partial charge in [-0.2, -0.15) is 0 Å². The summed E-state index contributed by atoms with van der Waals surface area (Å²) < 4.78 is 28.8. The van der Waals surface area contributed by atoms with Gasteiger partial charge in [0.25, 0.3) is 18.2 Å². The summed E-state index contributed by atoms with van der Waals surface area (Å²) in [5.41, 5.74) is -1.58. The number of carbonyl (C=O) groups excluding carboxylic acids is 2. The highest BCUT2D eigenvalue weighted by Gasteiger charge is 2.44. The van der Waals surface area contributed by atoms with Crippen molar-refractivity contribution in [3.8, 4) is 10.4 Å². The first-order valence-corrected chi connectivity index (χ1v) is 14.1. The number of rotatable bonds is 9. The summed E-state index contributed by atoms with van der Waals surface area (Å²) in [6.07, 6.45) is 4.36. The Kier molecular flexibility index (Phi) is 6.96. The average molecular weight is 548 g/mol. The van der Waals surface area contributed by atoms with Crippen LogP contribution < -0.4 is 10.6 Å². The van der Waals surface area contributed by atoms with Crippen LogP contribution in [0.4, 0.5) is 14.6 Å². The first-order valence-electron chi connectivity index (χ1n) is 13.2. The van der Waals surface area contributed by atoms with Gasteiger partial charge in [-0.15, -0.1) is 11.3 Å². The van der Waals surface area contributed by atoms with Crippen molar-refractivity contribution in [2.45, 2.75) is 95.9 Å². The summed E-state index contributed by atoms with van der Waals surface area (Å²) in [5, 5.41) is 15.9. The number of halogens is 2. The molecule has 4 heterocycles. The van der Waals surface area contributed by atoms with Crippen molar-refractivity contribution in [1.29, 1.82) is 0 Å². The number of nitrogens with one attached hydrogen (secondary N) is 2. The number of pyridine rings is 1. The molecule has 1 aliphatic carbocycles. The van der Waals surface area contributed by atoms with Crippen LogP contribution in [0.3, 0.4) is 0 Å². The molecule has 0 spiro atoms. The minimum atomic E-state index is -2.82. The monoisotopic (exact) mass is 547 g/mol. The van der Waals surface area contributed by atoms with E-state index in [-0.39, 0.29) is 56.8 Å². The molecule has 2 aromatic heterocycles. The molecule has 2 aromatic rings. The lowest BCUT2D eigenvalue weighted by Gasteiger charge is -2.27. The summed E-state index contributed by atoms with van der Waals surface area (Å²) in [7, 11) is 0. The molecule has 3 N–H and O–H groups in total. The highest BCUT2D eigenvalue weighted by Crippen LogP contribution is 2.44. The van der Waals surface area contributed by atoms with E-state index >= 15 is 0 Å². The second-order valence-corrected chi connectivity index (χ2v) is 12.9. The Labute approximate surface area is 225 Å². The van der Waals surface area contributed by atoms with Gasteiger partial charge in [0.05, 0.1) is 10.5 Å². The van der Waals surface area contributed by atoms with Crippen LogP contribution in [0.15, 0.2) is 12.3 Å². The second kappa shape index (κ2) is 9.82. The first kappa shape index (κ1) is 26.9. The second-order valence-electron chi connectivity index (χ2n) is 11.9. The molecule has 3 fully saturated rings. The van der Waals surface area contributed by atoms with Crippen molar-refractivity contribution in [1.82, 2.24) is 20.2 Å². The Hall–Kier alpha value is -2.66. The molecule has 0 unspecified atom stereocenters. The maximum Gasteiger partial charge on any atom is 0.280 e. The number of aliphatic hydroxyl groups is 1. The average Bonchev–Trinajstić information content (AvgIpc) is 3.35. The molecule has 0 radical (unpaired) electrons. The smallest absolute Gasteiger partial charge is 0.280 e. The van der Waals surface area contributed by atoms with Crippen molar-refractivity contribution >= 4 is 29.0 Å². The Morgan fingerprint density at radius 2 is 1.76 bits per heavy atom. The van der Waals surface area contributed by atoms with Crippen molar-refractivity contribution in [2.24, 2.45) is 5.92 Å². The molecule has 11 heteroatoms. The van der Waals surface area contributed by atoms with Crippen LogP contribution >= 0.6 is 11.3 Å². The lowest BCUT2D eigenvalue weighted by molar-refractivity contribution is 0.0692. The molecule has 2 amide bonds. The molecule has 8 nitrogen and oxygen atoms in total. The van der Waals surface area contributed by atoms with Crippen molar-refractivity contribution < 1.29 is 23.5 Å². The lowest BCUT2D eigenvalue weighted by Crippen LogP contribution is -2.38. The third-order valence-electron chi connectivity index (χ3n) is 7.86. The minimum Gasteiger partial charge on any atom is -0.389 e. The number of hydrogen-bond donors (Lipinski definition) is 3. The van der Waals surface area contributed by atoms with Crippen LogP contribution in [0.25, 0.3) is 10.4 Å². The standard InChI is InChI=1S/C27H35F2N5O3S/c1-26(2,37)13-31-23(35)24-32-20(25(36)34-15-7-8-16(34)10-9-15)21(38-24)18-12-30-19(11-17(18)22(28)29)33-27(3,4)14-5-6-14/h11-12,14-16,22,37H,5-10,13H2,1-4H3,(H,30,33)(H,31,35)/t15-,16+. The van der Waals surface area contributed by atoms with E-state index in [0.717, 1.165) is 49.9 Å². The van der Waals surface area contributed by atoms with E-state index < -0.39 is 17.9 Å². The van der Waals surface area contributed by atoms with E-state index in [2.05, 4.69) is 20.6 Å². The fourth-order valence-electron chi connectivity index (χ4n) is 5.63. The molecule has 2 saturated heterocycles. The molecule has 38 heavy (non-hydrogen) atoms. The van der Waals surface area contributed by atoms with Gasteiger partial charge in [0.2, 0.25) is 0 Å². The number of nitrogens with zero attached hydrogens (tertiary/aromatic N) is 3. The molecular formula is C27H35F2N5O3S. The Bertz CT molecular complexity index is 1220. The van der Waals surface area contributed by atoms with Crippen LogP contribution in [-0.4, -0.2) is 61.6 Å². The van der Waals surface area contributed by atoms with Gasteiger partial charge in [0.1, 0.15) is 11.5 Å². The van der Waals surface area contributed by atoms with Crippen molar-refractivity contribution in [2.75, 3.05) is 11.9 Å². The van der Waals surface area contributed by atoms with Gasteiger partial charge < -0.3 is 20.6 Å². The molecule has 206 valence electrons. The van der Waals surface area contributed by atoms with E-state index in [1.165, 1.54) is 12.3 Å². The lowest BCUT2D eigenvalue weighted by atomic mass is 9.98. The number of thiazole rings is 1. The predicted octanol–water partition coefficient (Wildman–Crippen LogP) is 5.01. The molecular weight excluding hydrogens is 512 g/mol. The maximum absolute atomic E-state index is 14.4. The summed E-state index contributed by atoms with van der Waals surface area (Å²) >= 11 is 0.901. The number of amides is 2. The highest BCUT2D eigenvalue weighted by molar-refractivity contribution is 7.17. The van der Waals surface area contributed by atoms with E-state index in [1.807, 2.05) is 18.7 Å². The summed E-state index contributed by atoms with van der Waals surface area (Å²) in [4.78, 5) is 37.5. The number of alkyl halides is 2. The summed E-state index contributed by atoms with van der Waals surface area (Å²) in [6, 6.07) is 1.56. The van der Waals surface area contributed by atoms with Crippen LogP contribution in [-0.2, 0) is 0 Å². The maximum atomic E-state index is 14.4. The minimum absolute atomic E-state index is 0.00456. The fourth-order valence-corrected chi connectivity index (χ4v) is 6.64. The van der Waals surface area contributed by atoms with Gasteiger partial charge >= 0.3 is 0 Å². The van der Waals surface area contributed by atoms with E-state index in [1.54, 1.807) is 13.8 Å². The number of carbonyl (C=O) groups is 2. The van der Waals surface area contributed by atoms with E-state index in [4.69, 9.17) is 0 Å². The van der Waals surface area contributed by atoms with Crippen molar-refractivity contribution in [3.05, 3.63) is 28.5 Å². The Balaban J connectivity index is 1.53. The predicted molar refractivity (Wildman–Crippen MR) is 142 cm³/mol. The van der Waals surface area contributed by atoms with Crippen LogP contribution in [0.1, 0.15) is 98.5 Å². The quantitative estimate of drug-likeness (QED) is 0.407. The first-order chi connectivity index (χ1) is 17.8. The normalized spacial score (nSPS) is 21.3. The molecule has 2 bridgehead atoms. The van der Waals surface area contributed by atoms with Crippen molar-refractivity contribution in [3.63, 3.8) is 0 Å². The van der Waals surface area contributed by atoms with Gasteiger partial charge in [0.15, 0.2) is 5.01 Å².